The van der Waals surface area contributed by atoms with Crippen LogP contribution in [0.4, 0.5) is 11.4 Å². The van der Waals surface area contributed by atoms with Crippen molar-refractivity contribution in [1.29, 1.82) is 0 Å². The lowest BCUT2D eigenvalue weighted by Gasteiger charge is -2.28. The number of rotatable bonds is 5. The molecule has 0 saturated carbocycles. The molecule has 1 N–H and O–H groups in total. The Balaban J connectivity index is 1.68. The summed E-state index contributed by atoms with van der Waals surface area (Å²) in [4.78, 5) is 15.8. The molecule has 0 radical (unpaired) electrons. The Morgan fingerprint density at radius 3 is 2.40 bits per heavy atom. The highest BCUT2D eigenvalue weighted by atomic mass is 32.2. The zero-order valence-electron chi connectivity index (χ0n) is 16.9. The lowest BCUT2D eigenvalue weighted by atomic mass is 10.2. The fourth-order valence-corrected chi connectivity index (χ4v) is 5.94. The third-order valence-electron chi connectivity index (χ3n) is 5.52. The van der Waals surface area contributed by atoms with Crippen molar-refractivity contribution < 1.29 is 17.9 Å². The van der Waals surface area contributed by atoms with Crippen LogP contribution >= 0.6 is 11.3 Å². The summed E-state index contributed by atoms with van der Waals surface area (Å²) in [5.41, 5.74) is 1.42. The van der Waals surface area contributed by atoms with E-state index in [-0.39, 0.29) is 10.8 Å². The molecule has 1 aromatic carbocycles. The third-order valence-corrected chi connectivity index (χ3v) is 8.28. The summed E-state index contributed by atoms with van der Waals surface area (Å²) in [6, 6.07) is 8.69. The van der Waals surface area contributed by atoms with Gasteiger partial charge in [0, 0.05) is 26.2 Å². The second kappa shape index (κ2) is 9.47. The fraction of sp³-hybridized carbons (Fsp3) is 0.476. The molecule has 2 aliphatic heterocycles. The van der Waals surface area contributed by atoms with Gasteiger partial charge in [0.15, 0.2) is 0 Å². The summed E-state index contributed by atoms with van der Waals surface area (Å²) >= 11 is 1.36. The minimum Gasteiger partial charge on any atom is -0.379 e. The molecule has 2 saturated heterocycles. The predicted octanol–water partition coefficient (Wildman–Crippen LogP) is 3.40. The number of morpholine rings is 1. The minimum absolute atomic E-state index is 0.199. The SMILES string of the molecule is O=C(Nc1cc(S(=O)(=O)N2CCOCC2)ccc1N1CCCCCC1)c1cccs1. The molecule has 4 rings (SSSR count). The number of thiophene rings is 1. The predicted molar refractivity (Wildman–Crippen MR) is 119 cm³/mol. The van der Waals surface area contributed by atoms with E-state index in [4.69, 9.17) is 4.74 Å². The maximum absolute atomic E-state index is 13.1. The molecule has 3 heterocycles. The number of carbonyl (C=O) groups is 1. The Morgan fingerprint density at radius 2 is 1.73 bits per heavy atom. The lowest BCUT2D eigenvalue weighted by molar-refractivity contribution is 0.0730. The first-order chi connectivity index (χ1) is 14.6. The average Bonchev–Trinajstić information content (AvgIpc) is 3.18. The molecular weight excluding hydrogens is 422 g/mol. The molecule has 0 atom stereocenters. The average molecular weight is 450 g/mol. The Hall–Kier alpha value is -1.94. The summed E-state index contributed by atoms with van der Waals surface area (Å²) in [6.45, 7) is 3.27. The van der Waals surface area contributed by atoms with Gasteiger partial charge in [0.2, 0.25) is 10.0 Å². The molecule has 2 aliphatic rings. The van der Waals surface area contributed by atoms with E-state index in [1.54, 1.807) is 18.2 Å². The van der Waals surface area contributed by atoms with Crippen LogP contribution in [-0.4, -0.2) is 58.0 Å². The normalized spacial score (nSPS) is 18.7. The van der Waals surface area contributed by atoms with Gasteiger partial charge in [-0.2, -0.15) is 4.31 Å². The van der Waals surface area contributed by atoms with E-state index in [9.17, 15) is 13.2 Å². The van der Waals surface area contributed by atoms with Crippen molar-refractivity contribution >= 4 is 38.6 Å². The summed E-state index contributed by atoms with van der Waals surface area (Å²) < 4.78 is 33.0. The molecule has 30 heavy (non-hydrogen) atoms. The number of benzene rings is 1. The van der Waals surface area contributed by atoms with E-state index in [1.807, 2.05) is 17.5 Å². The molecule has 0 aliphatic carbocycles. The molecule has 7 nitrogen and oxygen atoms in total. The van der Waals surface area contributed by atoms with Gasteiger partial charge in [-0.3, -0.25) is 4.79 Å². The number of nitrogens with one attached hydrogen (secondary N) is 1. The first-order valence-electron chi connectivity index (χ1n) is 10.4. The van der Waals surface area contributed by atoms with Crippen LogP contribution in [0.15, 0.2) is 40.6 Å². The Labute approximate surface area is 181 Å². The zero-order chi connectivity index (χ0) is 21.0. The van der Waals surface area contributed by atoms with Crippen molar-refractivity contribution in [2.45, 2.75) is 30.6 Å². The van der Waals surface area contributed by atoms with Gasteiger partial charge in [-0.1, -0.05) is 18.9 Å². The molecule has 0 unspecified atom stereocenters. The number of carbonyl (C=O) groups excluding carboxylic acids is 1. The Morgan fingerprint density at radius 1 is 1.00 bits per heavy atom. The molecule has 2 fully saturated rings. The topological polar surface area (TPSA) is 79.0 Å². The molecule has 2 aromatic rings. The van der Waals surface area contributed by atoms with Crippen molar-refractivity contribution in [3.63, 3.8) is 0 Å². The van der Waals surface area contributed by atoms with E-state index in [2.05, 4.69) is 10.2 Å². The van der Waals surface area contributed by atoms with Crippen molar-refractivity contribution in [3.8, 4) is 0 Å². The van der Waals surface area contributed by atoms with E-state index in [0.717, 1.165) is 31.6 Å². The Bertz CT molecular complexity index is 962. The van der Waals surface area contributed by atoms with Crippen molar-refractivity contribution in [2.24, 2.45) is 0 Å². The van der Waals surface area contributed by atoms with E-state index >= 15 is 0 Å². The lowest BCUT2D eigenvalue weighted by Crippen LogP contribution is -2.40. The van der Waals surface area contributed by atoms with E-state index < -0.39 is 10.0 Å². The summed E-state index contributed by atoms with van der Waals surface area (Å²) in [5.74, 6) is -0.220. The van der Waals surface area contributed by atoms with Gasteiger partial charge >= 0.3 is 0 Å². The summed E-state index contributed by atoms with van der Waals surface area (Å²) in [6.07, 6.45) is 4.56. The zero-order valence-corrected chi connectivity index (χ0v) is 18.5. The van der Waals surface area contributed by atoms with E-state index in [1.165, 1.54) is 28.5 Å². The van der Waals surface area contributed by atoms with Crippen LogP contribution in [0.2, 0.25) is 0 Å². The molecule has 0 spiro atoms. The second-order valence-electron chi connectivity index (χ2n) is 7.53. The maximum Gasteiger partial charge on any atom is 0.265 e. The first kappa shape index (κ1) is 21.3. The molecule has 9 heteroatoms. The van der Waals surface area contributed by atoms with Gasteiger partial charge in [-0.15, -0.1) is 11.3 Å². The van der Waals surface area contributed by atoms with Crippen LogP contribution in [0.5, 0.6) is 0 Å². The first-order valence-corrected chi connectivity index (χ1v) is 12.7. The minimum atomic E-state index is -3.64. The van der Waals surface area contributed by atoms with Crippen LogP contribution in [0.25, 0.3) is 0 Å². The standard InChI is InChI=1S/C21H27N3O4S2/c25-21(20-6-5-15-29-20)22-18-16-17(30(26,27)24-11-13-28-14-12-24)7-8-19(18)23-9-3-1-2-4-10-23/h5-8,15-16H,1-4,9-14H2,(H,22,25). The Kier molecular flexibility index (Phi) is 6.72. The second-order valence-corrected chi connectivity index (χ2v) is 10.4. The quantitative estimate of drug-likeness (QED) is 0.757. The molecule has 1 aromatic heterocycles. The molecule has 1 amide bonds. The van der Waals surface area contributed by atoms with Crippen LogP contribution in [0.3, 0.4) is 0 Å². The van der Waals surface area contributed by atoms with Gasteiger partial charge < -0.3 is 15.0 Å². The fourth-order valence-electron chi connectivity index (χ4n) is 3.89. The highest BCUT2D eigenvalue weighted by Gasteiger charge is 2.28. The van der Waals surface area contributed by atoms with E-state index in [0.29, 0.717) is 36.9 Å². The molecule has 0 bridgehead atoms. The number of amides is 1. The van der Waals surface area contributed by atoms with Gasteiger partial charge in [-0.05, 0) is 42.5 Å². The van der Waals surface area contributed by atoms with Crippen LogP contribution in [0.1, 0.15) is 35.4 Å². The van der Waals surface area contributed by atoms with Gasteiger partial charge in [-0.25, -0.2) is 8.42 Å². The van der Waals surface area contributed by atoms with Crippen molar-refractivity contribution in [3.05, 3.63) is 40.6 Å². The largest absolute Gasteiger partial charge is 0.379 e. The van der Waals surface area contributed by atoms with Gasteiger partial charge in [0.25, 0.3) is 5.91 Å². The number of sulfonamides is 1. The number of ether oxygens (including phenoxy) is 1. The number of nitrogens with zero attached hydrogens (tertiary/aromatic N) is 2. The number of anilines is 2. The smallest absolute Gasteiger partial charge is 0.265 e. The highest BCUT2D eigenvalue weighted by molar-refractivity contribution is 7.89. The van der Waals surface area contributed by atoms with Crippen LogP contribution < -0.4 is 10.2 Å². The molecular formula is C21H27N3O4S2. The highest BCUT2D eigenvalue weighted by Crippen LogP contribution is 2.32. The van der Waals surface area contributed by atoms with Crippen LogP contribution in [0, 0.1) is 0 Å². The van der Waals surface area contributed by atoms with Crippen LogP contribution in [-0.2, 0) is 14.8 Å². The number of hydrogen-bond donors (Lipinski definition) is 1. The summed E-state index contributed by atoms with van der Waals surface area (Å²) in [5, 5.41) is 4.82. The maximum atomic E-state index is 13.1. The van der Waals surface area contributed by atoms with Gasteiger partial charge in [0.1, 0.15) is 0 Å². The third kappa shape index (κ3) is 4.69. The van der Waals surface area contributed by atoms with Crippen molar-refractivity contribution in [1.82, 2.24) is 4.31 Å². The van der Waals surface area contributed by atoms with Crippen molar-refractivity contribution in [2.75, 3.05) is 49.6 Å². The molecule has 162 valence electrons. The van der Waals surface area contributed by atoms with Gasteiger partial charge in [0.05, 0.1) is 34.4 Å². The summed E-state index contributed by atoms with van der Waals surface area (Å²) in [7, 11) is -3.64. The number of hydrogen-bond acceptors (Lipinski definition) is 6. The monoisotopic (exact) mass is 449 g/mol.